The number of ketones is 1. The molecule has 1 rings (SSSR count). The van der Waals surface area contributed by atoms with Crippen molar-refractivity contribution in [1.29, 1.82) is 0 Å². The molecule has 0 fully saturated rings. The highest BCUT2D eigenvalue weighted by atomic mass is 35.5. The van der Waals surface area contributed by atoms with Crippen LogP contribution in [0.5, 0.6) is 5.75 Å². The Morgan fingerprint density at radius 3 is 2.58 bits per heavy atom. The minimum Gasteiger partial charge on any atom is -0.506 e. The lowest BCUT2D eigenvalue weighted by Crippen LogP contribution is -1.95. The Balaban J connectivity index is 3.33. The van der Waals surface area contributed by atoms with Crippen molar-refractivity contribution in [3.8, 4) is 5.75 Å². The Bertz CT molecular complexity index is 332. The Morgan fingerprint density at radius 2 is 2.08 bits per heavy atom. The van der Waals surface area contributed by atoms with Crippen molar-refractivity contribution in [3.63, 3.8) is 0 Å². The molecule has 3 heteroatoms. The standard InChI is InChI=1S/C9H9ClO2/c1-5-3-9(12)8(10)4-7(5)6(2)11/h3-4,12H,1-2H3. The summed E-state index contributed by atoms with van der Waals surface area (Å²) in [5.74, 6) is -0.0337. The van der Waals surface area contributed by atoms with Crippen LogP contribution in [-0.2, 0) is 0 Å². The van der Waals surface area contributed by atoms with Gasteiger partial charge in [-0.15, -0.1) is 0 Å². The van der Waals surface area contributed by atoms with Crippen LogP contribution in [0.3, 0.4) is 0 Å². The van der Waals surface area contributed by atoms with Gasteiger partial charge in [-0.3, -0.25) is 4.79 Å². The molecule has 1 aromatic rings. The molecular formula is C9H9ClO2. The predicted molar refractivity (Wildman–Crippen MR) is 47.9 cm³/mol. The molecule has 64 valence electrons. The number of carbonyl (C=O) groups excluding carboxylic acids is 1. The normalized spacial score (nSPS) is 9.92. The molecule has 0 atom stereocenters. The fraction of sp³-hybridized carbons (Fsp3) is 0.222. The van der Waals surface area contributed by atoms with Gasteiger partial charge in [0, 0.05) is 5.56 Å². The third-order valence-electron chi connectivity index (χ3n) is 1.67. The van der Waals surface area contributed by atoms with E-state index in [9.17, 15) is 4.79 Å². The van der Waals surface area contributed by atoms with E-state index in [0.717, 1.165) is 5.56 Å². The minimum absolute atomic E-state index is 0.0131. The third-order valence-corrected chi connectivity index (χ3v) is 1.98. The number of rotatable bonds is 1. The van der Waals surface area contributed by atoms with Crippen LogP contribution >= 0.6 is 11.6 Å². The second-order valence-corrected chi connectivity index (χ2v) is 3.08. The molecule has 0 aliphatic rings. The fourth-order valence-corrected chi connectivity index (χ4v) is 1.21. The zero-order valence-corrected chi connectivity index (χ0v) is 7.64. The summed E-state index contributed by atoms with van der Waals surface area (Å²) in [4.78, 5) is 11.0. The maximum absolute atomic E-state index is 11.0. The Hall–Kier alpha value is -1.02. The summed E-state index contributed by atoms with van der Waals surface area (Å²) in [7, 11) is 0. The number of hydrogen-bond donors (Lipinski definition) is 1. The number of phenolic OH excluding ortho intramolecular Hbond substituents is 1. The molecule has 2 nitrogen and oxygen atoms in total. The molecule has 1 N–H and O–H groups in total. The fourth-order valence-electron chi connectivity index (χ4n) is 1.05. The molecule has 1 aromatic carbocycles. The zero-order valence-electron chi connectivity index (χ0n) is 6.89. The van der Waals surface area contributed by atoms with Gasteiger partial charge in [-0.05, 0) is 31.5 Å². The quantitative estimate of drug-likeness (QED) is 0.682. The van der Waals surface area contributed by atoms with E-state index in [4.69, 9.17) is 16.7 Å². The number of benzene rings is 1. The van der Waals surface area contributed by atoms with Crippen molar-refractivity contribution in [3.05, 3.63) is 28.3 Å². The second kappa shape index (κ2) is 3.15. The SMILES string of the molecule is CC(=O)c1cc(Cl)c(O)cc1C. The topological polar surface area (TPSA) is 37.3 Å². The van der Waals surface area contributed by atoms with Crippen LogP contribution in [0.25, 0.3) is 0 Å². The highest BCUT2D eigenvalue weighted by Crippen LogP contribution is 2.26. The summed E-state index contributed by atoms with van der Waals surface area (Å²) in [5, 5.41) is 9.38. The van der Waals surface area contributed by atoms with E-state index < -0.39 is 0 Å². The number of hydrogen-bond acceptors (Lipinski definition) is 2. The molecule has 0 heterocycles. The second-order valence-electron chi connectivity index (χ2n) is 2.67. The van der Waals surface area contributed by atoms with Crippen molar-refractivity contribution in [2.24, 2.45) is 0 Å². The molecule has 0 saturated heterocycles. The molecule has 12 heavy (non-hydrogen) atoms. The molecular weight excluding hydrogens is 176 g/mol. The van der Waals surface area contributed by atoms with E-state index in [1.807, 2.05) is 0 Å². The van der Waals surface area contributed by atoms with Crippen LogP contribution in [0.15, 0.2) is 12.1 Å². The van der Waals surface area contributed by atoms with E-state index >= 15 is 0 Å². The average Bonchev–Trinajstić information content (AvgIpc) is 1.96. The predicted octanol–water partition coefficient (Wildman–Crippen LogP) is 2.56. The van der Waals surface area contributed by atoms with E-state index in [1.54, 1.807) is 6.92 Å². The minimum atomic E-state index is -0.0469. The van der Waals surface area contributed by atoms with E-state index in [0.29, 0.717) is 5.56 Å². The summed E-state index contributed by atoms with van der Waals surface area (Å²) < 4.78 is 0. The van der Waals surface area contributed by atoms with Gasteiger partial charge in [-0.2, -0.15) is 0 Å². The molecule has 0 aliphatic heterocycles. The van der Waals surface area contributed by atoms with Crippen LogP contribution in [0.1, 0.15) is 22.8 Å². The first-order valence-electron chi connectivity index (χ1n) is 3.52. The van der Waals surface area contributed by atoms with Crippen LogP contribution in [-0.4, -0.2) is 10.9 Å². The van der Waals surface area contributed by atoms with Crippen molar-refractivity contribution < 1.29 is 9.90 Å². The number of phenols is 1. The maximum Gasteiger partial charge on any atom is 0.160 e. The van der Waals surface area contributed by atoms with E-state index in [-0.39, 0.29) is 16.6 Å². The highest BCUT2D eigenvalue weighted by molar-refractivity contribution is 6.32. The van der Waals surface area contributed by atoms with Gasteiger partial charge in [0.05, 0.1) is 5.02 Å². The molecule has 0 unspecified atom stereocenters. The largest absolute Gasteiger partial charge is 0.506 e. The van der Waals surface area contributed by atoms with E-state index in [1.165, 1.54) is 19.1 Å². The molecule has 0 radical (unpaired) electrons. The lowest BCUT2D eigenvalue weighted by molar-refractivity contribution is 0.101. The summed E-state index contributed by atoms with van der Waals surface area (Å²) in [6.45, 7) is 3.22. The lowest BCUT2D eigenvalue weighted by atomic mass is 10.1. The molecule has 0 amide bonds. The van der Waals surface area contributed by atoms with Crippen molar-refractivity contribution >= 4 is 17.4 Å². The van der Waals surface area contributed by atoms with E-state index in [2.05, 4.69) is 0 Å². The van der Waals surface area contributed by atoms with Crippen molar-refractivity contribution in [2.75, 3.05) is 0 Å². The average molecular weight is 185 g/mol. The zero-order chi connectivity index (χ0) is 9.30. The van der Waals surface area contributed by atoms with Crippen molar-refractivity contribution in [1.82, 2.24) is 0 Å². The number of Topliss-reactive ketones (excluding diaryl/α,β-unsaturated/α-hetero) is 1. The lowest BCUT2D eigenvalue weighted by Gasteiger charge is -2.03. The molecule has 0 aromatic heterocycles. The molecule has 0 saturated carbocycles. The number of halogens is 1. The monoisotopic (exact) mass is 184 g/mol. The van der Waals surface area contributed by atoms with Gasteiger partial charge < -0.3 is 5.11 Å². The summed E-state index contributed by atoms with van der Waals surface area (Å²) in [6.07, 6.45) is 0. The third kappa shape index (κ3) is 1.59. The first-order chi connectivity index (χ1) is 5.52. The summed E-state index contributed by atoms with van der Waals surface area (Å²) >= 11 is 5.63. The van der Waals surface area contributed by atoms with Gasteiger partial charge in [-0.25, -0.2) is 0 Å². The molecule has 0 bridgehead atoms. The first-order valence-corrected chi connectivity index (χ1v) is 3.90. The number of aromatic hydroxyl groups is 1. The van der Waals surface area contributed by atoms with Crippen molar-refractivity contribution in [2.45, 2.75) is 13.8 Å². The summed E-state index contributed by atoms with van der Waals surface area (Å²) in [5.41, 5.74) is 1.29. The van der Waals surface area contributed by atoms with Gasteiger partial charge in [0.15, 0.2) is 5.78 Å². The highest BCUT2D eigenvalue weighted by Gasteiger charge is 2.07. The summed E-state index contributed by atoms with van der Waals surface area (Å²) in [6, 6.07) is 2.97. The van der Waals surface area contributed by atoms with Gasteiger partial charge in [-0.1, -0.05) is 11.6 Å². The maximum atomic E-state index is 11.0. The van der Waals surface area contributed by atoms with Crippen LogP contribution in [0, 0.1) is 6.92 Å². The Labute approximate surface area is 75.8 Å². The number of carbonyl (C=O) groups is 1. The van der Waals surface area contributed by atoms with Gasteiger partial charge in [0.2, 0.25) is 0 Å². The Kier molecular flexibility index (Phi) is 2.38. The van der Waals surface area contributed by atoms with Gasteiger partial charge >= 0.3 is 0 Å². The van der Waals surface area contributed by atoms with Crippen LogP contribution in [0.4, 0.5) is 0 Å². The first kappa shape index (κ1) is 9.07. The van der Waals surface area contributed by atoms with Crippen LogP contribution in [0.2, 0.25) is 5.02 Å². The number of aryl methyl sites for hydroxylation is 1. The molecule has 0 aliphatic carbocycles. The van der Waals surface area contributed by atoms with Crippen LogP contribution < -0.4 is 0 Å². The Morgan fingerprint density at radius 1 is 1.50 bits per heavy atom. The van der Waals surface area contributed by atoms with Gasteiger partial charge in [0.25, 0.3) is 0 Å². The van der Waals surface area contributed by atoms with Gasteiger partial charge in [0.1, 0.15) is 5.75 Å². The smallest absolute Gasteiger partial charge is 0.160 e. The molecule has 0 spiro atoms.